The minimum atomic E-state index is -3.50. The van der Waals surface area contributed by atoms with Gasteiger partial charge in [0.1, 0.15) is 0 Å². The van der Waals surface area contributed by atoms with E-state index >= 15 is 0 Å². The molecule has 0 bridgehead atoms. The Morgan fingerprint density at radius 3 is 2.74 bits per heavy atom. The van der Waals surface area contributed by atoms with Crippen LogP contribution in [-0.2, 0) is 10.0 Å². The van der Waals surface area contributed by atoms with Crippen LogP contribution in [-0.4, -0.2) is 26.2 Å². The molecule has 4 nitrogen and oxygen atoms in total. The van der Waals surface area contributed by atoms with Gasteiger partial charge >= 0.3 is 0 Å². The number of rotatable bonds is 4. The third kappa shape index (κ3) is 3.69. The Hall–Kier alpha value is -0.620. The average Bonchev–Trinajstić information content (AvgIpc) is 2.72. The van der Waals surface area contributed by atoms with Gasteiger partial charge in [0.2, 0.25) is 10.0 Å². The molecule has 1 fully saturated rings. The van der Waals surface area contributed by atoms with E-state index in [1.54, 1.807) is 19.1 Å². The molecule has 0 amide bonds. The quantitative estimate of drug-likeness (QED) is 0.895. The highest BCUT2D eigenvalue weighted by molar-refractivity contribution is 7.89. The van der Waals surface area contributed by atoms with Crippen LogP contribution in [0.3, 0.4) is 0 Å². The van der Waals surface area contributed by atoms with Crippen LogP contribution >= 0.6 is 11.6 Å². The van der Waals surface area contributed by atoms with Crippen LogP contribution in [0.1, 0.15) is 24.8 Å². The lowest BCUT2D eigenvalue weighted by atomic mass is 10.1. The molecule has 0 saturated heterocycles. The molecule has 6 heteroatoms. The van der Waals surface area contributed by atoms with Gasteiger partial charge in [-0.05, 0) is 55.9 Å². The fourth-order valence-corrected chi connectivity index (χ4v) is 4.02. The summed E-state index contributed by atoms with van der Waals surface area (Å²) in [5.41, 5.74) is 0.631. The zero-order valence-electron chi connectivity index (χ0n) is 10.8. The minimum Gasteiger partial charge on any atom is -0.393 e. The van der Waals surface area contributed by atoms with Crippen molar-refractivity contribution in [2.45, 2.75) is 37.2 Å². The predicted molar refractivity (Wildman–Crippen MR) is 74.7 cm³/mol. The first-order chi connectivity index (χ1) is 8.88. The zero-order valence-corrected chi connectivity index (χ0v) is 12.3. The molecule has 1 aromatic carbocycles. The lowest BCUT2D eigenvalue weighted by molar-refractivity contribution is 0.178. The van der Waals surface area contributed by atoms with Crippen LogP contribution in [0.2, 0.25) is 5.02 Å². The van der Waals surface area contributed by atoms with Crippen molar-refractivity contribution in [2.24, 2.45) is 5.92 Å². The standard InChI is InChI=1S/C13H18ClNO3S/c1-9-6-11(14)3-5-13(9)19(17,18)15-8-10-2-4-12(16)7-10/h3,5-6,10,12,15-16H,2,4,7-8H2,1H3. The number of halogens is 1. The second-order valence-corrected chi connectivity index (χ2v) is 7.27. The zero-order chi connectivity index (χ0) is 14.0. The van der Waals surface area contributed by atoms with Crippen molar-refractivity contribution in [3.8, 4) is 0 Å². The number of aliphatic hydroxyl groups is 1. The molecule has 0 aromatic heterocycles. The Balaban J connectivity index is 2.06. The van der Waals surface area contributed by atoms with Crippen molar-refractivity contribution in [1.82, 2.24) is 4.72 Å². The van der Waals surface area contributed by atoms with E-state index in [1.165, 1.54) is 6.07 Å². The van der Waals surface area contributed by atoms with Crippen LogP contribution in [0, 0.1) is 12.8 Å². The highest BCUT2D eigenvalue weighted by atomic mass is 35.5. The molecule has 106 valence electrons. The van der Waals surface area contributed by atoms with E-state index in [0.717, 1.165) is 12.8 Å². The van der Waals surface area contributed by atoms with Gasteiger partial charge in [-0.1, -0.05) is 11.6 Å². The summed E-state index contributed by atoms with van der Waals surface area (Å²) in [6, 6.07) is 4.72. The molecule has 0 spiro atoms. The highest BCUT2D eigenvalue weighted by Gasteiger charge is 2.25. The lowest BCUT2D eigenvalue weighted by Crippen LogP contribution is -2.29. The first-order valence-corrected chi connectivity index (χ1v) is 8.18. The van der Waals surface area contributed by atoms with Crippen LogP contribution in [0.25, 0.3) is 0 Å². The lowest BCUT2D eigenvalue weighted by Gasteiger charge is -2.13. The monoisotopic (exact) mass is 303 g/mol. The van der Waals surface area contributed by atoms with E-state index in [-0.39, 0.29) is 16.9 Å². The fourth-order valence-electron chi connectivity index (χ4n) is 2.45. The molecule has 0 heterocycles. The molecule has 1 aliphatic rings. The van der Waals surface area contributed by atoms with Gasteiger partial charge in [0, 0.05) is 11.6 Å². The Morgan fingerprint density at radius 2 is 2.16 bits per heavy atom. The third-order valence-electron chi connectivity index (χ3n) is 3.50. The van der Waals surface area contributed by atoms with E-state index in [2.05, 4.69) is 4.72 Å². The van der Waals surface area contributed by atoms with Crippen molar-refractivity contribution in [2.75, 3.05) is 6.54 Å². The second-order valence-electron chi connectivity index (χ2n) is 5.09. The predicted octanol–water partition coefficient (Wildman–Crippen LogP) is 2.09. The molecule has 0 radical (unpaired) electrons. The van der Waals surface area contributed by atoms with Crippen molar-refractivity contribution < 1.29 is 13.5 Å². The summed E-state index contributed by atoms with van der Waals surface area (Å²) in [5.74, 6) is 0.220. The van der Waals surface area contributed by atoms with E-state index in [1.807, 2.05) is 0 Å². The van der Waals surface area contributed by atoms with Gasteiger partial charge in [0.15, 0.2) is 0 Å². The van der Waals surface area contributed by atoms with Crippen LogP contribution in [0.4, 0.5) is 0 Å². The molecular formula is C13H18ClNO3S. The van der Waals surface area contributed by atoms with Crippen LogP contribution < -0.4 is 4.72 Å². The SMILES string of the molecule is Cc1cc(Cl)ccc1S(=O)(=O)NCC1CCC(O)C1. The van der Waals surface area contributed by atoms with E-state index in [0.29, 0.717) is 23.6 Å². The Labute approximate surface area is 118 Å². The molecule has 1 saturated carbocycles. The number of aliphatic hydroxyl groups excluding tert-OH is 1. The molecule has 19 heavy (non-hydrogen) atoms. The minimum absolute atomic E-state index is 0.220. The van der Waals surface area contributed by atoms with Crippen molar-refractivity contribution >= 4 is 21.6 Å². The summed E-state index contributed by atoms with van der Waals surface area (Å²) >= 11 is 5.82. The Kier molecular flexibility index (Phi) is 4.50. The van der Waals surface area contributed by atoms with E-state index < -0.39 is 10.0 Å². The van der Waals surface area contributed by atoms with E-state index in [4.69, 9.17) is 11.6 Å². The van der Waals surface area contributed by atoms with E-state index in [9.17, 15) is 13.5 Å². The molecule has 0 aliphatic heterocycles. The van der Waals surface area contributed by atoms with Gasteiger partial charge in [0.05, 0.1) is 11.0 Å². The highest BCUT2D eigenvalue weighted by Crippen LogP contribution is 2.25. The molecule has 1 aromatic rings. The number of nitrogens with one attached hydrogen (secondary N) is 1. The fraction of sp³-hybridized carbons (Fsp3) is 0.538. The number of sulfonamides is 1. The Bertz CT molecular complexity index is 559. The largest absolute Gasteiger partial charge is 0.393 e. The van der Waals surface area contributed by atoms with Crippen molar-refractivity contribution in [3.63, 3.8) is 0 Å². The van der Waals surface area contributed by atoms with Crippen LogP contribution in [0.15, 0.2) is 23.1 Å². The van der Waals surface area contributed by atoms with Crippen molar-refractivity contribution in [3.05, 3.63) is 28.8 Å². The molecule has 1 aliphatic carbocycles. The molecular weight excluding hydrogens is 286 g/mol. The third-order valence-corrected chi connectivity index (χ3v) is 5.32. The number of aryl methyl sites for hydroxylation is 1. The van der Waals surface area contributed by atoms with Gasteiger partial charge < -0.3 is 5.11 Å². The van der Waals surface area contributed by atoms with Gasteiger partial charge in [-0.25, -0.2) is 13.1 Å². The van der Waals surface area contributed by atoms with Gasteiger partial charge in [-0.15, -0.1) is 0 Å². The molecule has 2 unspecified atom stereocenters. The van der Waals surface area contributed by atoms with Gasteiger partial charge in [-0.2, -0.15) is 0 Å². The molecule has 2 N–H and O–H groups in total. The number of hydrogen-bond donors (Lipinski definition) is 2. The van der Waals surface area contributed by atoms with Gasteiger partial charge in [-0.3, -0.25) is 0 Å². The summed E-state index contributed by atoms with van der Waals surface area (Å²) in [6.45, 7) is 2.10. The smallest absolute Gasteiger partial charge is 0.240 e. The first kappa shape index (κ1) is 14.8. The van der Waals surface area contributed by atoms with Crippen molar-refractivity contribution in [1.29, 1.82) is 0 Å². The maximum Gasteiger partial charge on any atom is 0.240 e. The Morgan fingerprint density at radius 1 is 1.42 bits per heavy atom. The maximum atomic E-state index is 12.2. The topological polar surface area (TPSA) is 66.4 Å². The second kappa shape index (κ2) is 5.79. The summed E-state index contributed by atoms with van der Waals surface area (Å²) in [4.78, 5) is 0.260. The summed E-state index contributed by atoms with van der Waals surface area (Å²) in [5, 5.41) is 9.95. The van der Waals surface area contributed by atoms with Gasteiger partial charge in [0.25, 0.3) is 0 Å². The van der Waals surface area contributed by atoms with Crippen LogP contribution in [0.5, 0.6) is 0 Å². The summed E-state index contributed by atoms with van der Waals surface area (Å²) < 4.78 is 27.0. The normalized spacial score (nSPS) is 23.7. The number of benzene rings is 1. The molecule has 2 rings (SSSR count). The molecule has 2 atom stereocenters. The number of hydrogen-bond acceptors (Lipinski definition) is 3. The summed E-state index contributed by atoms with van der Waals surface area (Å²) in [7, 11) is -3.50. The maximum absolute atomic E-state index is 12.2. The summed E-state index contributed by atoms with van der Waals surface area (Å²) in [6.07, 6.45) is 2.00. The average molecular weight is 304 g/mol. The first-order valence-electron chi connectivity index (χ1n) is 6.32.